The number of hydrogen-bond acceptors (Lipinski definition) is 4. The molecule has 0 heterocycles. The van der Waals surface area contributed by atoms with Crippen molar-refractivity contribution in [3.05, 3.63) is 60.2 Å². The second-order valence-electron chi connectivity index (χ2n) is 6.22. The average Bonchev–Trinajstić information content (AvgIpc) is 2.67. The van der Waals surface area contributed by atoms with E-state index >= 15 is 0 Å². The maximum atomic E-state index is 12.0. The number of benzene rings is 2. The zero-order valence-electron chi connectivity index (χ0n) is 15.0. The Morgan fingerprint density at radius 1 is 1.00 bits per heavy atom. The maximum absolute atomic E-state index is 12.0. The fourth-order valence-corrected chi connectivity index (χ4v) is 2.39. The third-order valence-electron chi connectivity index (χ3n) is 4.02. The Bertz CT molecular complexity index is 791. The molecule has 0 fully saturated rings. The molecule has 5 N–H and O–H groups in total. The smallest absolute Gasteiger partial charge is 0.325 e. The summed E-state index contributed by atoms with van der Waals surface area (Å²) >= 11 is 0. The van der Waals surface area contributed by atoms with Crippen molar-refractivity contribution < 1.29 is 19.5 Å². The van der Waals surface area contributed by atoms with Gasteiger partial charge in [-0.25, -0.2) is 0 Å². The first-order chi connectivity index (χ1) is 12.9. The van der Waals surface area contributed by atoms with Crippen molar-refractivity contribution in [3.63, 3.8) is 0 Å². The van der Waals surface area contributed by atoms with Crippen molar-refractivity contribution >= 4 is 17.8 Å². The fraction of sp³-hybridized carbons (Fsp3) is 0.250. The number of nitrogens with two attached hydrogens (primary N) is 1. The van der Waals surface area contributed by atoms with Crippen LogP contribution in [-0.4, -0.2) is 35.0 Å². The molecular formula is C20H23N3O4. The molecule has 0 radical (unpaired) electrons. The summed E-state index contributed by atoms with van der Waals surface area (Å²) in [6.45, 7) is 1.64. The first-order valence-electron chi connectivity index (χ1n) is 8.56. The highest BCUT2D eigenvalue weighted by Gasteiger charge is 2.21. The highest BCUT2D eigenvalue weighted by molar-refractivity contribution is 5.90. The molecule has 0 aliphatic heterocycles. The highest BCUT2D eigenvalue weighted by Crippen LogP contribution is 2.19. The largest absolute Gasteiger partial charge is 0.480 e. The van der Waals surface area contributed by atoms with Crippen LogP contribution in [0.3, 0.4) is 0 Å². The van der Waals surface area contributed by atoms with Gasteiger partial charge in [0.15, 0.2) is 0 Å². The predicted molar refractivity (Wildman–Crippen MR) is 102 cm³/mol. The molecule has 2 atom stereocenters. The molecule has 2 aromatic carbocycles. The Morgan fingerprint density at radius 3 is 2.19 bits per heavy atom. The lowest BCUT2D eigenvalue weighted by Crippen LogP contribution is -2.48. The van der Waals surface area contributed by atoms with Gasteiger partial charge < -0.3 is 21.5 Å². The highest BCUT2D eigenvalue weighted by atomic mass is 16.4. The Morgan fingerprint density at radius 2 is 1.59 bits per heavy atom. The first-order valence-corrected chi connectivity index (χ1v) is 8.56. The summed E-state index contributed by atoms with van der Waals surface area (Å²) in [7, 11) is 0. The molecule has 0 saturated heterocycles. The molecule has 2 amide bonds. The van der Waals surface area contributed by atoms with Crippen molar-refractivity contribution in [1.82, 2.24) is 10.6 Å². The van der Waals surface area contributed by atoms with Crippen LogP contribution in [0.2, 0.25) is 0 Å². The van der Waals surface area contributed by atoms with E-state index < -0.39 is 24.0 Å². The van der Waals surface area contributed by atoms with Crippen molar-refractivity contribution in [2.24, 2.45) is 5.73 Å². The van der Waals surface area contributed by atoms with Crippen LogP contribution in [0.5, 0.6) is 0 Å². The molecule has 7 nitrogen and oxygen atoms in total. The zero-order valence-corrected chi connectivity index (χ0v) is 15.0. The number of hydrogen-bond donors (Lipinski definition) is 4. The summed E-state index contributed by atoms with van der Waals surface area (Å²) in [5.41, 5.74) is 8.76. The fourth-order valence-electron chi connectivity index (χ4n) is 2.39. The van der Waals surface area contributed by atoms with Gasteiger partial charge in [-0.3, -0.25) is 14.4 Å². The van der Waals surface area contributed by atoms with Crippen molar-refractivity contribution in [2.45, 2.75) is 32.0 Å². The minimum atomic E-state index is -1.17. The van der Waals surface area contributed by atoms with Crippen LogP contribution in [0.15, 0.2) is 54.6 Å². The van der Waals surface area contributed by atoms with Crippen LogP contribution < -0.4 is 16.4 Å². The lowest BCUT2D eigenvalue weighted by Gasteiger charge is -2.14. The lowest BCUT2D eigenvalue weighted by atomic mass is 10.0. The standard InChI is InChI=1S/C20H23N3O4/c1-13(20(26)27)23-19(25)17(21)11-18(24)22-12-14-7-9-16(10-8-14)15-5-3-2-4-6-15/h2-10,13,17H,11-12,21H2,1H3,(H,22,24)(H,23,25)(H,26,27)/t13-,17?/m1/s1. The molecule has 142 valence electrons. The number of carboxylic acids is 1. The van der Waals surface area contributed by atoms with Gasteiger partial charge in [0.1, 0.15) is 6.04 Å². The van der Waals surface area contributed by atoms with Gasteiger partial charge in [0.05, 0.1) is 12.5 Å². The van der Waals surface area contributed by atoms with E-state index in [9.17, 15) is 14.4 Å². The van der Waals surface area contributed by atoms with Crippen LogP contribution in [0, 0.1) is 0 Å². The monoisotopic (exact) mass is 369 g/mol. The molecule has 2 aromatic rings. The molecule has 1 unspecified atom stereocenters. The number of carbonyl (C=O) groups excluding carboxylic acids is 2. The van der Waals surface area contributed by atoms with Gasteiger partial charge in [0, 0.05) is 6.54 Å². The quantitative estimate of drug-likeness (QED) is 0.558. The van der Waals surface area contributed by atoms with E-state index in [2.05, 4.69) is 10.6 Å². The molecule has 0 aromatic heterocycles. The summed E-state index contributed by atoms with van der Waals surface area (Å²) in [5, 5.41) is 13.7. The van der Waals surface area contributed by atoms with E-state index in [4.69, 9.17) is 10.8 Å². The van der Waals surface area contributed by atoms with Crippen molar-refractivity contribution in [3.8, 4) is 11.1 Å². The summed E-state index contributed by atoms with van der Waals surface area (Å²) < 4.78 is 0. The first kappa shape index (κ1) is 20.1. The third kappa shape index (κ3) is 6.23. The normalized spacial score (nSPS) is 12.7. The molecule has 0 bridgehead atoms. The van der Waals surface area contributed by atoms with Crippen LogP contribution in [0.1, 0.15) is 18.9 Å². The van der Waals surface area contributed by atoms with Gasteiger partial charge >= 0.3 is 5.97 Å². The molecule has 2 rings (SSSR count). The maximum Gasteiger partial charge on any atom is 0.325 e. The zero-order chi connectivity index (χ0) is 19.8. The summed E-state index contributed by atoms with van der Waals surface area (Å²) in [6, 6.07) is 15.6. The van der Waals surface area contributed by atoms with Gasteiger partial charge in [-0.2, -0.15) is 0 Å². The van der Waals surface area contributed by atoms with E-state index in [0.717, 1.165) is 16.7 Å². The molecule has 0 saturated carbocycles. The van der Waals surface area contributed by atoms with Gasteiger partial charge in [0.2, 0.25) is 11.8 Å². The number of amides is 2. The van der Waals surface area contributed by atoms with E-state index in [1.54, 1.807) is 0 Å². The summed E-state index contributed by atoms with van der Waals surface area (Å²) in [5.74, 6) is -2.22. The van der Waals surface area contributed by atoms with Gasteiger partial charge in [-0.05, 0) is 23.6 Å². The Balaban J connectivity index is 1.81. The number of carbonyl (C=O) groups is 3. The second kappa shape index (κ2) is 9.49. The molecule has 0 aliphatic carbocycles. The number of rotatable bonds is 8. The number of carboxylic acid groups (broad SMARTS) is 1. The minimum Gasteiger partial charge on any atom is -0.480 e. The minimum absolute atomic E-state index is 0.222. The van der Waals surface area contributed by atoms with E-state index in [0.29, 0.717) is 6.54 Å². The second-order valence-corrected chi connectivity index (χ2v) is 6.22. The molecule has 0 spiro atoms. The van der Waals surface area contributed by atoms with Crippen LogP contribution in [-0.2, 0) is 20.9 Å². The SMILES string of the molecule is C[C@@H](NC(=O)C(N)CC(=O)NCc1ccc(-c2ccccc2)cc1)C(=O)O. The van der Waals surface area contributed by atoms with Gasteiger partial charge in [-0.15, -0.1) is 0 Å². The Kier molecular flexibility index (Phi) is 7.08. The summed E-state index contributed by atoms with van der Waals surface area (Å²) in [6.07, 6.45) is -0.222. The van der Waals surface area contributed by atoms with Crippen LogP contribution >= 0.6 is 0 Å². The van der Waals surface area contributed by atoms with Crippen LogP contribution in [0.4, 0.5) is 0 Å². The predicted octanol–water partition coefficient (Wildman–Crippen LogP) is 1.28. The molecule has 7 heteroatoms. The molecular weight excluding hydrogens is 346 g/mol. The van der Waals surface area contributed by atoms with Crippen molar-refractivity contribution in [2.75, 3.05) is 0 Å². The number of nitrogens with one attached hydrogen (secondary N) is 2. The Labute approximate surface area is 157 Å². The van der Waals surface area contributed by atoms with Crippen LogP contribution in [0.25, 0.3) is 11.1 Å². The van der Waals surface area contributed by atoms with E-state index in [-0.39, 0.29) is 12.3 Å². The van der Waals surface area contributed by atoms with E-state index in [1.807, 2.05) is 54.6 Å². The lowest BCUT2D eigenvalue weighted by molar-refractivity contribution is -0.141. The topological polar surface area (TPSA) is 122 Å². The summed E-state index contributed by atoms with van der Waals surface area (Å²) in [4.78, 5) is 34.4. The van der Waals surface area contributed by atoms with Gasteiger partial charge in [0.25, 0.3) is 0 Å². The van der Waals surface area contributed by atoms with Gasteiger partial charge in [-0.1, -0.05) is 54.6 Å². The average molecular weight is 369 g/mol. The van der Waals surface area contributed by atoms with E-state index in [1.165, 1.54) is 6.92 Å². The molecule has 27 heavy (non-hydrogen) atoms. The van der Waals surface area contributed by atoms with Crippen molar-refractivity contribution in [1.29, 1.82) is 0 Å². The molecule has 0 aliphatic rings. The number of aliphatic carboxylic acids is 1. The Hall–Kier alpha value is -3.19. The third-order valence-corrected chi connectivity index (χ3v) is 4.02.